The van der Waals surface area contributed by atoms with Crippen molar-refractivity contribution in [2.24, 2.45) is 5.92 Å². The summed E-state index contributed by atoms with van der Waals surface area (Å²) in [6, 6.07) is 6.04. The Hall–Kier alpha value is -1.62. The second-order valence-electron chi connectivity index (χ2n) is 5.26. The molecule has 1 aromatic heterocycles. The number of hydrogen-bond donors (Lipinski definition) is 1. The van der Waals surface area contributed by atoms with Crippen LogP contribution in [0.5, 0.6) is 0 Å². The zero-order chi connectivity index (χ0) is 14.4. The summed E-state index contributed by atoms with van der Waals surface area (Å²) >= 11 is 0. The van der Waals surface area contributed by atoms with E-state index < -0.39 is 0 Å². The quantitative estimate of drug-likeness (QED) is 0.802. The molecule has 2 heterocycles. The number of ether oxygens (including phenoxy) is 1. The maximum atomic E-state index is 11.3. The zero-order valence-corrected chi connectivity index (χ0v) is 12.3. The van der Waals surface area contributed by atoms with Crippen LogP contribution >= 0.6 is 0 Å². The Morgan fingerprint density at radius 2 is 2.40 bits per heavy atom. The van der Waals surface area contributed by atoms with Crippen LogP contribution in [0.15, 0.2) is 18.2 Å². The molecule has 1 N–H and O–H groups in total. The molecule has 0 aromatic carbocycles. The molecule has 110 valence electrons. The van der Waals surface area contributed by atoms with Crippen molar-refractivity contribution in [3.8, 4) is 0 Å². The number of carbonyl (C=O) groups is 1. The van der Waals surface area contributed by atoms with Gasteiger partial charge in [0.25, 0.3) is 0 Å². The van der Waals surface area contributed by atoms with Gasteiger partial charge < -0.3 is 15.0 Å². The van der Waals surface area contributed by atoms with Crippen LogP contribution < -0.4 is 5.32 Å². The predicted molar refractivity (Wildman–Crippen MR) is 78.7 cm³/mol. The molecule has 20 heavy (non-hydrogen) atoms. The summed E-state index contributed by atoms with van der Waals surface area (Å²) in [6.45, 7) is 4.81. The average Bonchev–Trinajstić information content (AvgIpc) is 2.88. The number of carbonyl (C=O) groups excluding carboxylic acids is 1. The van der Waals surface area contributed by atoms with Crippen LogP contribution in [-0.2, 0) is 16.0 Å². The van der Waals surface area contributed by atoms with E-state index in [4.69, 9.17) is 4.74 Å². The highest BCUT2D eigenvalue weighted by Crippen LogP contribution is 2.20. The Labute approximate surface area is 120 Å². The van der Waals surface area contributed by atoms with E-state index in [2.05, 4.69) is 16.4 Å². The van der Waals surface area contributed by atoms with E-state index in [1.165, 1.54) is 0 Å². The highest BCUT2D eigenvalue weighted by molar-refractivity contribution is 5.73. The minimum absolute atomic E-state index is 0.176. The van der Waals surface area contributed by atoms with Crippen LogP contribution in [0.3, 0.4) is 0 Å². The van der Waals surface area contributed by atoms with Gasteiger partial charge in [0.05, 0.1) is 6.61 Å². The van der Waals surface area contributed by atoms with Crippen LogP contribution in [0.1, 0.15) is 19.0 Å². The predicted octanol–water partition coefficient (Wildman–Crippen LogP) is 1.55. The van der Waals surface area contributed by atoms with Crippen LogP contribution in [0.25, 0.3) is 0 Å². The number of amides is 1. The van der Waals surface area contributed by atoms with Crippen molar-refractivity contribution < 1.29 is 9.53 Å². The number of aromatic nitrogens is 1. The lowest BCUT2D eigenvalue weighted by Crippen LogP contribution is -2.26. The van der Waals surface area contributed by atoms with Crippen LogP contribution in [0, 0.1) is 5.92 Å². The summed E-state index contributed by atoms with van der Waals surface area (Å²) in [5.74, 6) is 1.59. The van der Waals surface area contributed by atoms with Crippen LogP contribution in [-0.4, -0.2) is 49.1 Å². The van der Waals surface area contributed by atoms with Crippen molar-refractivity contribution in [2.45, 2.75) is 19.8 Å². The highest BCUT2D eigenvalue weighted by Gasteiger charge is 2.24. The van der Waals surface area contributed by atoms with Gasteiger partial charge in [-0.05, 0) is 30.9 Å². The van der Waals surface area contributed by atoms with Gasteiger partial charge in [-0.25, -0.2) is 4.98 Å². The largest absolute Gasteiger partial charge is 0.383 e. The summed E-state index contributed by atoms with van der Waals surface area (Å²) < 4.78 is 5.01. The highest BCUT2D eigenvalue weighted by atomic mass is 16.5. The summed E-state index contributed by atoms with van der Waals surface area (Å²) in [6.07, 6.45) is 2.01. The topological polar surface area (TPSA) is 54.5 Å². The molecule has 1 aromatic rings. The average molecular weight is 277 g/mol. The number of nitrogens with one attached hydrogen (secondary N) is 1. The summed E-state index contributed by atoms with van der Waals surface area (Å²) in [4.78, 5) is 17.9. The molecule has 0 saturated carbocycles. The van der Waals surface area contributed by atoms with E-state index in [9.17, 15) is 4.79 Å². The molecule has 1 fully saturated rings. The van der Waals surface area contributed by atoms with Gasteiger partial charge in [0.2, 0.25) is 5.91 Å². The molecule has 0 aliphatic carbocycles. The molecule has 0 radical (unpaired) electrons. The van der Waals surface area contributed by atoms with Crippen molar-refractivity contribution in [1.82, 2.24) is 9.88 Å². The molecule has 1 amide bonds. The first kappa shape index (κ1) is 14.8. The van der Waals surface area contributed by atoms with E-state index in [-0.39, 0.29) is 5.91 Å². The molecular formula is C15H23N3O2. The fourth-order valence-corrected chi connectivity index (χ4v) is 2.55. The second kappa shape index (κ2) is 7.24. The van der Waals surface area contributed by atoms with Crippen molar-refractivity contribution in [2.75, 3.05) is 38.7 Å². The molecule has 1 saturated heterocycles. The molecule has 5 nitrogen and oxygen atoms in total. The first-order valence-corrected chi connectivity index (χ1v) is 7.13. The standard InChI is InChI=1S/C15H23N3O2/c1-12(19)18-8-6-13(11-18)10-14-4-3-5-15(17-14)16-7-9-20-2/h3-5,13H,6-11H2,1-2H3,(H,16,17)/t13-/m0/s1. The second-order valence-corrected chi connectivity index (χ2v) is 5.26. The third kappa shape index (κ3) is 4.20. The molecule has 0 bridgehead atoms. The molecule has 5 heteroatoms. The summed E-state index contributed by atoms with van der Waals surface area (Å²) in [5.41, 5.74) is 1.09. The first-order chi connectivity index (χ1) is 9.69. The van der Waals surface area contributed by atoms with E-state index in [0.717, 1.165) is 44.0 Å². The van der Waals surface area contributed by atoms with Gasteiger partial charge in [0.15, 0.2) is 0 Å². The first-order valence-electron chi connectivity index (χ1n) is 7.13. The van der Waals surface area contributed by atoms with Crippen molar-refractivity contribution in [3.63, 3.8) is 0 Å². The number of anilines is 1. The van der Waals surface area contributed by atoms with Gasteiger partial charge in [-0.1, -0.05) is 6.07 Å². The Morgan fingerprint density at radius 3 is 3.10 bits per heavy atom. The molecule has 0 unspecified atom stereocenters. The van der Waals surface area contributed by atoms with Gasteiger partial charge in [0.1, 0.15) is 5.82 Å². The monoisotopic (exact) mass is 277 g/mol. The van der Waals surface area contributed by atoms with Gasteiger partial charge in [-0.15, -0.1) is 0 Å². The van der Waals surface area contributed by atoms with E-state index in [0.29, 0.717) is 12.5 Å². The van der Waals surface area contributed by atoms with E-state index in [1.54, 1.807) is 14.0 Å². The molecule has 1 aliphatic heterocycles. The lowest BCUT2D eigenvalue weighted by atomic mass is 10.0. The van der Waals surface area contributed by atoms with Gasteiger partial charge >= 0.3 is 0 Å². The molecule has 2 rings (SSSR count). The normalized spacial score (nSPS) is 18.3. The maximum absolute atomic E-state index is 11.3. The van der Waals surface area contributed by atoms with Gasteiger partial charge in [0, 0.05) is 39.4 Å². The van der Waals surface area contributed by atoms with Crippen LogP contribution in [0.4, 0.5) is 5.82 Å². The maximum Gasteiger partial charge on any atom is 0.219 e. The summed E-state index contributed by atoms with van der Waals surface area (Å²) in [5, 5.41) is 3.24. The van der Waals surface area contributed by atoms with Crippen molar-refractivity contribution in [3.05, 3.63) is 23.9 Å². The minimum atomic E-state index is 0.176. The lowest BCUT2D eigenvalue weighted by Gasteiger charge is -2.14. The Bertz CT molecular complexity index is 450. The van der Waals surface area contributed by atoms with E-state index >= 15 is 0 Å². The van der Waals surface area contributed by atoms with E-state index in [1.807, 2.05) is 17.0 Å². The smallest absolute Gasteiger partial charge is 0.219 e. The lowest BCUT2D eigenvalue weighted by molar-refractivity contribution is -0.127. The Kier molecular flexibility index (Phi) is 5.35. The van der Waals surface area contributed by atoms with Gasteiger partial charge in [-0.3, -0.25) is 4.79 Å². The number of nitrogens with zero attached hydrogens (tertiary/aromatic N) is 2. The third-order valence-electron chi connectivity index (χ3n) is 3.65. The van der Waals surface area contributed by atoms with Crippen molar-refractivity contribution in [1.29, 1.82) is 0 Å². The fourth-order valence-electron chi connectivity index (χ4n) is 2.55. The van der Waals surface area contributed by atoms with Crippen LogP contribution in [0.2, 0.25) is 0 Å². The number of hydrogen-bond acceptors (Lipinski definition) is 4. The van der Waals surface area contributed by atoms with Crippen molar-refractivity contribution >= 4 is 11.7 Å². The minimum Gasteiger partial charge on any atom is -0.383 e. The number of likely N-dealkylation sites (tertiary alicyclic amines) is 1. The van der Waals surface area contributed by atoms with Gasteiger partial charge in [-0.2, -0.15) is 0 Å². The molecule has 1 aliphatic rings. The fraction of sp³-hybridized carbons (Fsp3) is 0.600. The number of methoxy groups -OCH3 is 1. The molecule has 0 spiro atoms. The zero-order valence-electron chi connectivity index (χ0n) is 12.3. The third-order valence-corrected chi connectivity index (χ3v) is 3.65. The summed E-state index contributed by atoms with van der Waals surface area (Å²) in [7, 11) is 1.69. The number of pyridine rings is 1. The molecular weight excluding hydrogens is 254 g/mol. The Balaban J connectivity index is 1.87. The number of rotatable bonds is 6. The molecule has 1 atom stereocenters. The Morgan fingerprint density at radius 1 is 1.55 bits per heavy atom. The SMILES string of the molecule is COCCNc1cccc(C[C@@H]2CCN(C(C)=O)C2)n1.